The average molecular weight is 170 g/mol. The number of rotatable bonds is 4. The number of aromatic nitrogens is 1. The van der Waals surface area contributed by atoms with Crippen molar-refractivity contribution < 1.29 is 0 Å². The van der Waals surface area contributed by atoms with Gasteiger partial charge in [0.25, 0.3) is 0 Å². The van der Waals surface area contributed by atoms with Crippen LogP contribution in [0.5, 0.6) is 0 Å². The lowest BCUT2D eigenvalue weighted by atomic mass is 10.1. The maximum absolute atomic E-state index is 4.05. The Morgan fingerprint density at radius 1 is 1.73 bits per heavy atom. The monoisotopic (exact) mass is 170 g/mol. The standard InChI is InChI=1S/C8H14N2S/c1-3-4-7(9-2)8-5-10-6-11-8/h5-7,9H,3-4H2,1-2H3. The Morgan fingerprint density at radius 3 is 3.00 bits per heavy atom. The van der Waals surface area contributed by atoms with Gasteiger partial charge in [-0.2, -0.15) is 0 Å². The van der Waals surface area contributed by atoms with Gasteiger partial charge >= 0.3 is 0 Å². The maximum atomic E-state index is 4.05. The molecular formula is C8H14N2S. The second-order valence-electron chi connectivity index (χ2n) is 2.53. The predicted molar refractivity (Wildman–Crippen MR) is 48.8 cm³/mol. The molecule has 0 fully saturated rings. The van der Waals surface area contributed by atoms with Crippen LogP contribution >= 0.6 is 11.3 Å². The normalized spacial score (nSPS) is 13.3. The summed E-state index contributed by atoms with van der Waals surface area (Å²) in [6.45, 7) is 2.20. The Balaban J connectivity index is 2.56. The average Bonchev–Trinajstić information content (AvgIpc) is 2.52. The fourth-order valence-electron chi connectivity index (χ4n) is 1.12. The van der Waals surface area contributed by atoms with E-state index < -0.39 is 0 Å². The molecule has 62 valence electrons. The second-order valence-corrected chi connectivity index (χ2v) is 3.45. The number of hydrogen-bond acceptors (Lipinski definition) is 3. The minimum atomic E-state index is 0.507. The minimum Gasteiger partial charge on any atom is -0.312 e. The molecule has 0 amide bonds. The van der Waals surface area contributed by atoms with Crippen LogP contribution in [0.25, 0.3) is 0 Å². The zero-order valence-corrected chi connectivity index (χ0v) is 7.82. The summed E-state index contributed by atoms with van der Waals surface area (Å²) in [6, 6.07) is 0.507. The van der Waals surface area contributed by atoms with E-state index in [4.69, 9.17) is 0 Å². The molecule has 1 aromatic heterocycles. The molecule has 0 saturated heterocycles. The Labute approximate surface area is 71.7 Å². The molecular weight excluding hydrogens is 156 g/mol. The summed E-state index contributed by atoms with van der Waals surface area (Å²) in [7, 11) is 2.00. The Hall–Kier alpha value is -0.410. The molecule has 0 radical (unpaired) electrons. The van der Waals surface area contributed by atoms with Gasteiger partial charge in [0.1, 0.15) is 0 Å². The summed E-state index contributed by atoms with van der Waals surface area (Å²) in [5.41, 5.74) is 1.88. The van der Waals surface area contributed by atoms with Gasteiger partial charge in [-0.15, -0.1) is 11.3 Å². The van der Waals surface area contributed by atoms with Gasteiger partial charge in [-0.3, -0.25) is 4.98 Å². The van der Waals surface area contributed by atoms with Crippen molar-refractivity contribution in [3.05, 3.63) is 16.6 Å². The van der Waals surface area contributed by atoms with Gasteiger partial charge < -0.3 is 5.32 Å². The molecule has 1 rings (SSSR count). The third-order valence-electron chi connectivity index (χ3n) is 1.72. The Bertz CT molecular complexity index is 184. The van der Waals surface area contributed by atoms with Crippen molar-refractivity contribution in [2.24, 2.45) is 0 Å². The van der Waals surface area contributed by atoms with E-state index >= 15 is 0 Å². The van der Waals surface area contributed by atoms with E-state index in [-0.39, 0.29) is 0 Å². The predicted octanol–water partition coefficient (Wildman–Crippen LogP) is 2.20. The molecule has 0 aromatic carbocycles. The summed E-state index contributed by atoms with van der Waals surface area (Å²) in [6.07, 6.45) is 4.35. The number of thiazole rings is 1. The fourth-order valence-corrected chi connectivity index (χ4v) is 1.88. The van der Waals surface area contributed by atoms with Crippen LogP contribution in [0.2, 0.25) is 0 Å². The molecule has 1 atom stereocenters. The van der Waals surface area contributed by atoms with E-state index in [0.29, 0.717) is 6.04 Å². The van der Waals surface area contributed by atoms with Gasteiger partial charge in [0, 0.05) is 17.1 Å². The van der Waals surface area contributed by atoms with Crippen LogP contribution in [0.15, 0.2) is 11.7 Å². The van der Waals surface area contributed by atoms with Gasteiger partial charge in [-0.25, -0.2) is 0 Å². The lowest BCUT2D eigenvalue weighted by Crippen LogP contribution is -2.14. The van der Waals surface area contributed by atoms with E-state index in [1.165, 1.54) is 17.7 Å². The zero-order chi connectivity index (χ0) is 8.10. The molecule has 1 N–H and O–H groups in total. The third kappa shape index (κ3) is 2.27. The van der Waals surface area contributed by atoms with E-state index in [1.807, 2.05) is 18.8 Å². The molecule has 1 heterocycles. The third-order valence-corrected chi connectivity index (χ3v) is 2.61. The van der Waals surface area contributed by atoms with Crippen LogP contribution in [0.3, 0.4) is 0 Å². The SMILES string of the molecule is CCCC(NC)c1cncs1. The first-order chi connectivity index (χ1) is 5.38. The maximum Gasteiger partial charge on any atom is 0.0794 e. The molecule has 3 heteroatoms. The van der Waals surface area contributed by atoms with Gasteiger partial charge in [-0.05, 0) is 13.5 Å². The van der Waals surface area contributed by atoms with Gasteiger partial charge in [0.15, 0.2) is 0 Å². The fraction of sp³-hybridized carbons (Fsp3) is 0.625. The molecule has 0 aliphatic rings. The van der Waals surface area contributed by atoms with Crippen molar-refractivity contribution in [2.45, 2.75) is 25.8 Å². The summed E-state index contributed by atoms with van der Waals surface area (Å²) in [4.78, 5) is 5.39. The highest BCUT2D eigenvalue weighted by Crippen LogP contribution is 2.20. The van der Waals surface area contributed by atoms with Crippen molar-refractivity contribution >= 4 is 11.3 Å². The zero-order valence-electron chi connectivity index (χ0n) is 7.00. The van der Waals surface area contributed by atoms with Gasteiger partial charge in [0.2, 0.25) is 0 Å². The lowest BCUT2D eigenvalue weighted by molar-refractivity contribution is 0.549. The van der Waals surface area contributed by atoms with E-state index in [1.54, 1.807) is 11.3 Å². The van der Waals surface area contributed by atoms with Crippen molar-refractivity contribution in [2.75, 3.05) is 7.05 Å². The van der Waals surface area contributed by atoms with E-state index in [9.17, 15) is 0 Å². The molecule has 0 bridgehead atoms. The lowest BCUT2D eigenvalue weighted by Gasteiger charge is -2.11. The second kappa shape index (κ2) is 4.46. The van der Waals surface area contributed by atoms with Crippen LogP contribution in [0.1, 0.15) is 30.7 Å². The first-order valence-corrected chi connectivity index (χ1v) is 4.82. The minimum absolute atomic E-state index is 0.507. The highest BCUT2D eigenvalue weighted by molar-refractivity contribution is 7.09. The summed E-state index contributed by atoms with van der Waals surface area (Å²) in [5.74, 6) is 0. The van der Waals surface area contributed by atoms with Crippen molar-refractivity contribution in [3.63, 3.8) is 0 Å². The summed E-state index contributed by atoms with van der Waals surface area (Å²) >= 11 is 1.72. The molecule has 1 aromatic rings. The summed E-state index contributed by atoms with van der Waals surface area (Å²) in [5, 5.41) is 3.28. The molecule has 0 aliphatic carbocycles. The summed E-state index contributed by atoms with van der Waals surface area (Å²) < 4.78 is 0. The van der Waals surface area contributed by atoms with Crippen LogP contribution in [0.4, 0.5) is 0 Å². The quantitative estimate of drug-likeness (QED) is 0.749. The van der Waals surface area contributed by atoms with Crippen LogP contribution in [-0.2, 0) is 0 Å². The van der Waals surface area contributed by atoms with E-state index in [0.717, 1.165) is 0 Å². The van der Waals surface area contributed by atoms with Crippen LogP contribution < -0.4 is 5.32 Å². The molecule has 0 saturated carbocycles. The van der Waals surface area contributed by atoms with Crippen LogP contribution in [-0.4, -0.2) is 12.0 Å². The first-order valence-electron chi connectivity index (χ1n) is 3.94. The van der Waals surface area contributed by atoms with Gasteiger partial charge in [-0.1, -0.05) is 13.3 Å². The van der Waals surface area contributed by atoms with Crippen molar-refractivity contribution in [1.29, 1.82) is 0 Å². The van der Waals surface area contributed by atoms with Crippen molar-refractivity contribution in [1.82, 2.24) is 10.3 Å². The highest BCUT2D eigenvalue weighted by Gasteiger charge is 2.08. The number of hydrogen-bond donors (Lipinski definition) is 1. The molecule has 2 nitrogen and oxygen atoms in total. The Morgan fingerprint density at radius 2 is 2.55 bits per heavy atom. The van der Waals surface area contributed by atoms with Crippen LogP contribution in [0, 0.1) is 0 Å². The van der Waals surface area contributed by atoms with E-state index in [2.05, 4.69) is 17.2 Å². The van der Waals surface area contributed by atoms with Gasteiger partial charge in [0.05, 0.1) is 5.51 Å². The molecule has 1 unspecified atom stereocenters. The molecule has 11 heavy (non-hydrogen) atoms. The molecule has 0 aliphatic heterocycles. The molecule has 0 spiro atoms. The Kier molecular flexibility index (Phi) is 3.52. The smallest absolute Gasteiger partial charge is 0.0794 e. The largest absolute Gasteiger partial charge is 0.312 e. The highest BCUT2D eigenvalue weighted by atomic mass is 32.1. The topological polar surface area (TPSA) is 24.9 Å². The van der Waals surface area contributed by atoms with Crippen molar-refractivity contribution in [3.8, 4) is 0 Å². The number of nitrogens with zero attached hydrogens (tertiary/aromatic N) is 1. The first kappa shape index (κ1) is 8.68. The number of nitrogens with one attached hydrogen (secondary N) is 1.